The summed E-state index contributed by atoms with van der Waals surface area (Å²) in [4.78, 5) is 14.7. The molecule has 1 atom stereocenters. The molecule has 1 aliphatic carbocycles. The van der Waals surface area contributed by atoms with Crippen molar-refractivity contribution < 1.29 is 9.53 Å². The maximum atomic E-state index is 12.5. The molecule has 21 heavy (non-hydrogen) atoms. The number of amides is 1. The third kappa shape index (κ3) is 2.33. The molecule has 1 amide bonds. The van der Waals surface area contributed by atoms with Gasteiger partial charge in [0, 0.05) is 16.9 Å². The third-order valence-electron chi connectivity index (χ3n) is 4.23. The van der Waals surface area contributed by atoms with Crippen LogP contribution in [0.15, 0.2) is 30.3 Å². The second-order valence-corrected chi connectivity index (χ2v) is 6.75. The second kappa shape index (κ2) is 5.19. The zero-order valence-electron chi connectivity index (χ0n) is 11.7. The van der Waals surface area contributed by atoms with E-state index >= 15 is 0 Å². The van der Waals surface area contributed by atoms with E-state index in [1.807, 2.05) is 24.3 Å². The zero-order valence-corrected chi connectivity index (χ0v) is 12.5. The molecule has 0 saturated carbocycles. The van der Waals surface area contributed by atoms with E-state index in [1.54, 1.807) is 11.3 Å². The van der Waals surface area contributed by atoms with Crippen molar-refractivity contribution in [2.75, 3.05) is 6.61 Å². The van der Waals surface area contributed by atoms with E-state index < -0.39 is 0 Å². The minimum atomic E-state index is 0.0519. The van der Waals surface area contributed by atoms with E-state index in [0.29, 0.717) is 6.61 Å². The van der Waals surface area contributed by atoms with Crippen molar-refractivity contribution in [2.24, 2.45) is 0 Å². The SMILES string of the molecule is O=C(NC1CCOc2ccccc21)c1cc2c(s1)CCC2. The first-order valence-electron chi connectivity index (χ1n) is 7.45. The minimum Gasteiger partial charge on any atom is -0.493 e. The summed E-state index contributed by atoms with van der Waals surface area (Å²) in [5.41, 5.74) is 2.46. The summed E-state index contributed by atoms with van der Waals surface area (Å²) in [7, 11) is 0. The van der Waals surface area contributed by atoms with Gasteiger partial charge in [-0.15, -0.1) is 11.3 Å². The number of nitrogens with one attached hydrogen (secondary N) is 1. The summed E-state index contributed by atoms with van der Waals surface area (Å²) in [6.07, 6.45) is 4.32. The van der Waals surface area contributed by atoms with Crippen LogP contribution in [0.3, 0.4) is 0 Å². The summed E-state index contributed by atoms with van der Waals surface area (Å²) in [6.45, 7) is 0.656. The number of hydrogen-bond donors (Lipinski definition) is 1. The summed E-state index contributed by atoms with van der Waals surface area (Å²) in [6, 6.07) is 10.1. The van der Waals surface area contributed by atoms with Gasteiger partial charge in [0.2, 0.25) is 0 Å². The van der Waals surface area contributed by atoms with Gasteiger partial charge in [0.25, 0.3) is 5.91 Å². The van der Waals surface area contributed by atoms with Crippen molar-refractivity contribution in [3.8, 4) is 5.75 Å². The van der Waals surface area contributed by atoms with Crippen LogP contribution in [0.4, 0.5) is 0 Å². The maximum absolute atomic E-state index is 12.5. The average Bonchev–Trinajstić information content (AvgIpc) is 3.09. The van der Waals surface area contributed by atoms with Crippen molar-refractivity contribution in [3.05, 3.63) is 51.2 Å². The molecular weight excluding hydrogens is 282 g/mol. The molecule has 1 aromatic carbocycles. The number of benzene rings is 1. The van der Waals surface area contributed by atoms with Crippen LogP contribution in [-0.2, 0) is 12.8 Å². The van der Waals surface area contributed by atoms with E-state index in [1.165, 1.54) is 16.9 Å². The Kier molecular flexibility index (Phi) is 3.19. The lowest BCUT2D eigenvalue weighted by Crippen LogP contribution is -2.31. The van der Waals surface area contributed by atoms with Crippen molar-refractivity contribution in [1.29, 1.82) is 0 Å². The highest BCUT2D eigenvalue weighted by atomic mass is 32.1. The number of para-hydroxylation sites is 1. The van der Waals surface area contributed by atoms with Gasteiger partial charge < -0.3 is 10.1 Å². The highest BCUT2D eigenvalue weighted by molar-refractivity contribution is 7.14. The number of hydrogen-bond acceptors (Lipinski definition) is 3. The number of carbonyl (C=O) groups excluding carboxylic acids is 1. The Morgan fingerprint density at radius 1 is 1.29 bits per heavy atom. The fraction of sp³-hybridized carbons (Fsp3) is 0.353. The molecule has 0 spiro atoms. The molecular formula is C17H17NO2S. The molecule has 0 bridgehead atoms. The van der Waals surface area contributed by atoms with Crippen LogP contribution in [-0.4, -0.2) is 12.5 Å². The van der Waals surface area contributed by atoms with Crippen molar-refractivity contribution in [3.63, 3.8) is 0 Å². The normalized spacial score (nSPS) is 19.5. The van der Waals surface area contributed by atoms with Crippen molar-refractivity contribution in [1.82, 2.24) is 5.32 Å². The highest BCUT2D eigenvalue weighted by Gasteiger charge is 2.25. The lowest BCUT2D eigenvalue weighted by Gasteiger charge is -2.26. The van der Waals surface area contributed by atoms with E-state index in [-0.39, 0.29) is 11.9 Å². The van der Waals surface area contributed by atoms with Gasteiger partial charge in [0.1, 0.15) is 5.75 Å². The highest BCUT2D eigenvalue weighted by Crippen LogP contribution is 2.33. The fourth-order valence-electron chi connectivity index (χ4n) is 3.16. The predicted molar refractivity (Wildman–Crippen MR) is 83.1 cm³/mol. The summed E-state index contributed by atoms with van der Waals surface area (Å²) in [5, 5.41) is 3.17. The van der Waals surface area contributed by atoms with E-state index in [2.05, 4.69) is 11.4 Å². The molecule has 2 aromatic rings. The molecule has 0 fully saturated rings. The number of ether oxygens (including phenoxy) is 1. The van der Waals surface area contributed by atoms with E-state index in [0.717, 1.165) is 35.5 Å². The predicted octanol–water partition coefficient (Wildman–Crippen LogP) is 3.49. The van der Waals surface area contributed by atoms with Gasteiger partial charge in [-0.3, -0.25) is 4.79 Å². The topological polar surface area (TPSA) is 38.3 Å². The van der Waals surface area contributed by atoms with E-state index in [4.69, 9.17) is 4.74 Å². The molecule has 1 aromatic heterocycles. The molecule has 2 aliphatic rings. The van der Waals surface area contributed by atoms with Crippen molar-refractivity contribution >= 4 is 17.2 Å². The maximum Gasteiger partial charge on any atom is 0.261 e. The summed E-state index contributed by atoms with van der Waals surface area (Å²) < 4.78 is 5.64. The van der Waals surface area contributed by atoms with Gasteiger partial charge in [-0.2, -0.15) is 0 Å². The monoisotopic (exact) mass is 299 g/mol. The molecule has 4 rings (SSSR count). The third-order valence-corrected chi connectivity index (χ3v) is 5.47. The van der Waals surface area contributed by atoms with Crippen LogP contribution < -0.4 is 10.1 Å². The van der Waals surface area contributed by atoms with Gasteiger partial charge in [0.15, 0.2) is 0 Å². The minimum absolute atomic E-state index is 0.0519. The number of rotatable bonds is 2. The Hall–Kier alpha value is -1.81. The van der Waals surface area contributed by atoms with Crippen LogP contribution in [0.25, 0.3) is 0 Å². The van der Waals surface area contributed by atoms with Gasteiger partial charge in [0.05, 0.1) is 17.5 Å². The first kappa shape index (κ1) is 12.9. The standard InChI is InChI=1S/C17H17NO2S/c19-17(16-10-11-4-3-7-15(11)21-16)18-13-8-9-20-14-6-2-1-5-12(13)14/h1-2,5-6,10,13H,3-4,7-9H2,(H,18,19). The Bertz CT molecular complexity index is 670. The molecule has 0 radical (unpaired) electrons. The molecule has 3 nitrogen and oxygen atoms in total. The quantitative estimate of drug-likeness (QED) is 0.922. The Morgan fingerprint density at radius 2 is 2.19 bits per heavy atom. The molecule has 1 unspecified atom stereocenters. The first-order chi connectivity index (χ1) is 10.3. The fourth-order valence-corrected chi connectivity index (χ4v) is 4.32. The molecule has 0 saturated heterocycles. The van der Waals surface area contributed by atoms with Gasteiger partial charge in [-0.25, -0.2) is 0 Å². The summed E-state index contributed by atoms with van der Waals surface area (Å²) in [5.74, 6) is 0.943. The molecule has 1 N–H and O–H groups in total. The molecule has 2 heterocycles. The lowest BCUT2D eigenvalue weighted by atomic mass is 10.0. The number of carbonyl (C=O) groups is 1. The average molecular weight is 299 g/mol. The van der Waals surface area contributed by atoms with Crippen LogP contribution >= 0.6 is 11.3 Å². The molecule has 1 aliphatic heterocycles. The number of fused-ring (bicyclic) bond motifs is 2. The largest absolute Gasteiger partial charge is 0.493 e. The Balaban J connectivity index is 1.54. The van der Waals surface area contributed by atoms with E-state index in [9.17, 15) is 4.79 Å². The zero-order chi connectivity index (χ0) is 14.2. The van der Waals surface area contributed by atoms with Crippen molar-refractivity contribution in [2.45, 2.75) is 31.7 Å². The second-order valence-electron chi connectivity index (χ2n) is 5.61. The number of aryl methyl sites for hydroxylation is 2. The molecule has 108 valence electrons. The van der Waals surface area contributed by atoms with Crippen LogP contribution in [0.1, 0.15) is 44.6 Å². The first-order valence-corrected chi connectivity index (χ1v) is 8.27. The van der Waals surface area contributed by atoms with Crippen LogP contribution in [0.2, 0.25) is 0 Å². The molecule has 4 heteroatoms. The van der Waals surface area contributed by atoms with Gasteiger partial charge >= 0.3 is 0 Å². The Morgan fingerprint density at radius 3 is 3.10 bits per heavy atom. The Labute approximate surface area is 127 Å². The van der Waals surface area contributed by atoms with Gasteiger partial charge in [-0.05, 0) is 37.0 Å². The van der Waals surface area contributed by atoms with Crippen LogP contribution in [0.5, 0.6) is 5.75 Å². The number of thiophene rings is 1. The lowest BCUT2D eigenvalue weighted by molar-refractivity contribution is 0.0929. The van der Waals surface area contributed by atoms with Crippen LogP contribution in [0, 0.1) is 0 Å². The smallest absolute Gasteiger partial charge is 0.261 e. The summed E-state index contributed by atoms with van der Waals surface area (Å²) >= 11 is 1.66. The van der Waals surface area contributed by atoms with Gasteiger partial charge in [-0.1, -0.05) is 18.2 Å².